The zero-order valence-electron chi connectivity index (χ0n) is 24.3. The third-order valence-electron chi connectivity index (χ3n) is 6.07. The van der Waals surface area contributed by atoms with Gasteiger partial charge in [0.2, 0.25) is 20.0 Å². The molecule has 12 nitrogen and oxygen atoms in total. The highest BCUT2D eigenvalue weighted by Gasteiger charge is 2.17. The molecule has 3 aromatic carbocycles. The number of nitrogens with zero attached hydrogens (tertiary/aromatic N) is 3. The molecule has 1 amide bonds. The van der Waals surface area contributed by atoms with Crippen LogP contribution in [0.1, 0.15) is 22.3 Å². The molecule has 0 saturated carbocycles. The fourth-order valence-electron chi connectivity index (χ4n) is 3.80. The second kappa shape index (κ2) is 15.3. The van der Waals surface area contributed by atoms with E-state index in [1.807, 2.05) is 12.1 Å². The molecule has 2 aliphatic heterocycles. The van der Waals surface area contributed by atoms with Crippen molar-refractivity contribution in [1.82, 2.24) is 4.90 Å². The monoisotopic (exact) mass is 609 g/mol. The zero-order valence-corrected chi connectivity index (χ0v) is 24.3. The molecular weight excluding hydrogens is 582 g/mol. The fourth-order valence-corrected chi connectivity index (χ4v) is 3.80. The summed E-state index contributed by atoms with van der Waals surface area (Å²) in [7, 11) is 3.38. The molecule has 5 rings (SSSR count). The molecule has 0 aliphatic carbocycles. The first-order valence-electron chi connectivity index (χ1n) is 13.4. The molecule has 0 saturated heterocycles. The Bertz CT molecular complexity index is 1590. The molecule has 0 bridgehead atoms. The summed E-state index contributed by atoms with van der Waals surface area (Å²) in [6.45, 7) is 0.125. The number of hydrogen-bond donors (Lipinski definition) is 0. The average Bonchev–Trinajstić information content (AvgIpc) is 3.73. The Morgan fingerprint density at radius 2 is 1.09 bits per heavy atom. The summed E-state index contributed by atoms with van der Waals surface area (Å²) in [6.07, 6.45) is 3.58. The van der Waals surface area contributed by atoms with Gasteiger partial charge < -0.3 is 33.3 Å². The van der Waals surface area contributed by atoms with E-state index in [0.29, 0.717) is 45.3 Å². The van der Waals surface area contributed by atoms with Gasteiger partial charge in [-0.05, 0) is 58.7 Å². The van der Waals surface area contributed by atoms with Crippen LogP contribution in [0.25, 0.3) is 12.2 Å². The van der Waals surface area contributed by atoms with Crippen molar-refractivity contribution in [2.24, 2.45) is 0 Å². The number of esters is 2. The van der Waals surface area contributed by atoms with Gasteiger partial charge in [-0.25, -0.2) is 9.59 Å². The summed E-state index contributed by atoms with van der Waals surface area (Å²) < 4.78 is 31.7. The summed E-state index contributed by atoms with van der Waals surface area (Å²) in [5.74, 6) is 0.733. The lowest BCUT2D eigenvalue weighted by Gasteiger charge is -2.07. The molecule has 0 aromatic heterocycles. The lowest BCUT2D eigenvalue weighted by molar-refractivity contribution is -0.140. The largest absolute Gasteiger partial charge is 0.457 e. The quantitative estimate of drug-likeness (QED) is 0.149. The second-order valence-electron chi connectivity index (χ2n) is 9.60. The van der Waals surface area contributed by atoms with E-state index in [2.05, 4.69) is 0 Å². The van der Waals surface area contributed by atoms with E-state index >= 15 is 0 Å². The number of benzene rings is 3. The first-order chi connectivity index (χ1) is 21.8. The van der Waals surface area contributed by atoms with Gasteiger partial charge in [-0.15, -0.1) is 0 Å². The van der Waals surface area contributed by atoms with E-state index in [9.17, 15) is 24.9 Å². The van der Waals surface area contributed by atoms with Crippen molar-refractivity contribution in [2.45, 2.75) is 13.2 Å². The maximum Gasteiger partial charge on any atom is 0.349 e. The van der Waals surface area contributed by atoms with Crippen LogP contribution in [0.2, 0.25) is 0 Å². The third-order valence-corrected chi connectivity index (χ3v) is 6.07. The smallest absolute Gasteiger partial charge is 0.349 e. The number of hydrogen-bond acceptors (Lipinski definition) is 11. The standard InChI is InChI=1S/C30H20N2O8.C3H7NO/c31-13-23(9-21-5-7-25-27(11-21)39-17-37-25)29(33)35-15-19-1-2-20(4-3-19)16-36-30(34)24(14-32)10-22-6-8-26-28(12-22)40-18-38-26;1-4(2)3-5/h1-12H,15-18H2;3H,1-2H3/b23-9+,24-10+;. The number of amides is 1. The number of fused-ring (bicyclic) bond motifs is 2. The van der Waals surface area contributed by atoms with Crippen LogP contribution in [-0.4, -0.2) is 50.9 Å². The zero-order chi connectivity index (χ0) is 32.2. The molecule has 0 fully saturated rings. The van der Waals surface area contributed by atoms with Crippen LogP contribution < -0.4 is 18.9 Å². The lowest BCUT2D eigenvalue weighted by Crippen LogP contribution is -2.08. The maximum absolute atomic E-state index is 12.4. The van der Waals surface area contributed by atoms with Gasteiger partial charge in [0.25, 0.3) is 0 Å². The number of ether oxygens (including phenoxy) is 6. The Balaban J connectivity index is 0.000000854. The van der Waals surface area contributed by atoms with Crippen LogP contribution in [0.15, 0.2) is 71.8 Å². The third kappa shape index (κ3) is 8.86. The summed E-state index contributed by atoms with van der Waals surface area (Å²) in [4.78, 5) is 35.8. The molecule has 0 unspecified atom stereocenters. The van der Waals surface area contributed by atoms with Gasteiger partial charge in [0.05, 0.1) is 0 Å². The van der Waals surface area contributed by atoms with E-state index in [4.69, 9.17) is 28.4 Å². The lowest BCUT2D eigenvalue weighted by atomic mass is 10.1. The Labute approximate surface area is 258 Å². The molecule has 0 N–H and O–H groups in total. The van der Waals surface area contributed by atoms with Crippen molar-refractivity contribution in [3.63, 3.8) is 0 Å². The van der Waals surface area contributed by atoms with Gasteiger partial charge in [0.1, 0.15) is 36.5 Å². The first-order valence-corrected chi connectivity index (χ1v) is 13.4. The molecule has 45 heavy (non-hydrogen) atoms. The second-order valence-corrected chi connectivity index (χ2v) is 9.60. The fraction of sp³-hybridized carbons (Fsp3) is 0.182. The first kappa shape index (κ1) is 31.7. The number of carbonyl (C=O) groups excluding carboxylic acids is 3. The normalized spacial score (nSPS) is 12.5. The number of carbonyl (C=O) groups is 3. The van der Waals surface area contributed by atoms with Crippen LogP contribution in [0.4, 0.5) is 0 Å². The molecule has 228 valence electrons. The summed E-state index contributed by atoms with van der Waals surface area (Å²) in [5.41, 5.74) is 2.21. The van der Waals surface area contributed by atoms with E-state index in [0.717, 1.165) is 6.41 Å². The van der Waals surface area contributed by atoms with E-state index < -0.39 is 11.9 Å². The SMILES string of the molecule is CN(C)C=O.N#C/C(=C\c1ccc2c(c1)OCO2)C(=O)OCc1ccc(COC(=O)/C(C#N)=C/c2ccc3c(c2)OCO3)cc1. The van der Waals surface area contributed by atoms with Crippen molar-refractivity contribution in [3.05, 3.63) is 94.1 Å². The van der Waals surface area contributed by atoms with Gasteiger partial charge in [-0.3, -0.25) is 4.79 Å². The Kier molecular flexibility index (Phi) is 10.7. The van der Waals surface area contributed by atoms with Crippen LogP contribution in [-0.2, 0) is 37.1 Å². The minimum absolute atomic E-state index is 0.0596. The van der Waals surface area contributed by atoms with Gasteiger partial charge >= 0.3 is 11.9 Å². The molecule has 3 aromatic rings. The average molecular weight is 610 g/mol. The van der Waals surface area contributed by atoms with Crippen LogP contribution in [0.5, 0.6) is 23.0 Å². The minimum Gasteiger partial charge on any atom is -0.457 e. The molecule has 2 aliphatic rings. The highest BCUT2D eigenvalue weighted by Crippen LogP contribution is 2.34. The predicted molar refractivity (Wildman–Crippen MR) is 158 cm³/mol. The predicted octanol–water partition coefficient (Wildman–Crippen LogP) is 4.15. The van der Waals surface area contributed by atoms with Crippen molar-refractivity contribution in [1.29, 1.82) is 10.5 Å². The molecule has 2 heterocycles. The van der Waals surface area contributed by atoms with E-state index in [-0.39, 0.29) is 37.9 Å². The maximum atomic E-state index is 12.4. The van der Waals surface area contributed by atoms with Gasteiger partial charge in [-0.1, -0.05) is 36.4 Å². The van der Waals surface area contributed by atoms with E-state index in [1.165, 1.54) is 17.1 Å². The highest BCUT2D eigenvalue weighted by molar-refractivity contribution is 5.98. The van der Waals surface area contributed by atoms with Crippen LogP contribution in [0.3, 0.4) is 0 Å². The van der Waals surface area contributed by atoms with Crippen molar-refractivity contribution in [2.75, 3.05) is 27.7 Å². The number of rotatable bonds is 9. The van der Waals surface area contributed by atoms with Gasteiger partial charge in [0.15, 0.2) is 23.0 Å². The Hall–Kier alpha value is -6.27. The molecule has 0 atom stereocenters. The summed E-state index contributed by atoms with van der Waals surface area (Å²) >= 11 is 0. The minimum atomic E-state index is -0.767. The number of nitriles is 2. The molecule has 12 heteroatoms. The van der Waals surface area contributed by atoms with Crippen LogP contribution >= 0.6 is 0 Å². The topological polar surface area (TPSA) is 157 Å². The highest BCUT2D eigenvalue weighted by atomic mass is 16.7. The van der Waals surface area contributed by atoms with Gasteiger partial charge in [-0.2, -0.15) is 10.5 Å². The molecule has 0 spiro atoms. The molecule has 0 radical (unpaired) electrons. The van der Waals surface area contributed by atoms with Crippen LogP contribution in [0, 0.1) is 22.7 Å². The summed E-state index contributed by atoms with van der Waals surface area (Å²) in [5, 5.41) is 18.8. The van der Waals surface area contributed by atoms with E-state index in [1.54, 1.807) is 74.8 Å². The molecular formula is C33H27N3O9. The Morgan fingerprint density at radius 1 is 0.711 bits per heavy atom. The summed E-state index contributed by atoms with van der Waals surface area (Å²) in [6, 6.07) is 20.7. The van der Waals surface area contributed by atoms with Crippen molar-refractivity contribution in [3.8, 4) is 35.1 Å². The van der Waals surface area contributed by atoms with Gasteiger partial charge in [0, 0.05) is 14.1 Å². The Morgan fingerprint density at radius 3 is 1.44 bits per heavy atom. The van der Waals surface area contributed by atoms with Crippen molar-refractivity contribution < 1.29 is 42.8 Å². The van der Waals surface area contributed by atoms with Crippen molar-refractivity contribution >= 4 is 30.5 Å².